The molecule has 6 nitrogen and oxygen atoms in total. The van der Waals surface area contributed by atoms with Crippen molar-refractivity contribution < 1.29 is 8.42 Å². The van der Waals surface area contributed by atoms with Gasteiger partial charge in [0.2, 0.25) is 0 Å². The summed E-state index contributed by atoms with van der Waals surface area (Å²) < 4.78 is 24.4. The Labute approximate surface area is 117 Å². The van der Waals surface area contributed by atoms with Gasteiger partial charge in [-0.1, -0.05) is 0 Å². The molecule has 0 amide bonds. The van der Waals surface area contributed by atoms with E-state index in [4.69, 9.17) is 0 Å². The summed E-state index contributed by atoms with van der Waals surface area (Å²) in [7, 11) is -2.81. The molecule has 106 valence electrons. The molecule has 3 heterocycles. The van der Waals surface area contributed by atoms with Crippen LogP contribution in [0.15, 0.2) is 36.8 Å². The zero-order valence-electron chi connectivity index (χ0n) is 10.9. The third kappa shape index (κ3) is 2.98. The molecular formula is C13H16N4O2S. The van der Waals surface area contributed by atoms with Crippen LogP contribution >= 0.6 is 0 Å². The smallest absolute Gasteiger partial charge is 0.153 e. The van der Waals surface area contributed by atoms with Gasteiger partial charge in [0.25, 0.3) is 0 Å². The normalized spacial score (nSPS) is 18.8. The highest BCUT2D eigenvalue weighted by Gasteiger charge is 2.23. The first-order valence-corrected chi connectivity index (χ1v) is 8.38. The zero-order chi connectivity index (χ0) is 14.0. The Morgan fingerprint density at radius 1 is 1.25 bits per heavy atom. The summed E-state index contributed by atoms with van der Waals surface area (Å²) in [6.07, 6.45) is 6.60. The van der Waals surface area contributed by atoms with Gasteiger partial charge in [-0.05, 0) is 31.0 Å². The van der Waals surface area contributed by atoms with Crippen molar-refractivity contribution >= 4 is 15.5 Å². The Kier molecular flexibility index (Phi) is 3.43. The molecule has 1 fully saturated rings. The number of hydrogen-bond donors (Lipinski definition) is 1. The fraction of sp³-hybridized carbons (Fsp3) is 0.385. The van der Waals surface area contributed by atoms with Crippen LogP contribution in [-0.2, 0) is 9.84 Å². The van der Waals surface area contributed by atoms with E-state index < -0.39 is 9.84 Å². The van der Waals surface area contributed by atoms with Crippen LogP contribution in [0, 0.1) is 0 Å². The number of nitrogens with one attached hydrogen (secondary N) is 1. The highest BCUT2D eigenvalue weighted by Crippen LogP contribution is 2.18. The monoisotopic (exact) mass is 292 g/mol. The first-order chi connectivity index (χ1) is 9.62. The van der Waals surface area contributed by atoms with Gasteiger partial charge < -0.3 is 5.32 Å². The van der Waals surface area contributed by atoms with Crippen molar-refractivity contribution in [2.24, 2.45) is 0 Å². The Bertz CT molecular complexity index is 651. The molecule has 1 aliphatic heterocycles. The van der Waals surface area contributed by atoms with Gasteiger partial charge in [-0.25, -0.2) is 18.1 Å². The van der Waals surface area contributed by atoms with Crippen molar-refractivity contribution in [1.82, 2.24) is 14.8 Å². The number of hydrogen-bond acceptors (Lipinski definition) is 5. The van der Waals surface area contributed by atoms with Gasteiger partial charge in [0.05, 0.1) is 23.4 Å². The lowest BCUT2D eigenvalue weighted by Crippen LogP contribution is -2.32. The van der Waals surface area contributed by atoms with E-state index in [1.54, 1.807) is 17.1 Å². The number of rotatable bonds is 3. The lowest BCUT2D eigenvalue weighted by atomic mass is 10.1. The number of sulfone groups is 1. The number of pyridine rings is 1. The Balaban J connectivity index is 1.64. The summed E-state index contributed by atoms with van der Waals surface area (Å²) in [5, 5.41) is 7.45. The molecule has 1 saturated heterocycles. The summed E-state index contributed by atoms with van der Waals surface area (Å²) in [5.41, 5.74) is 0.908. The Hall–Kier alpha value is -1.89. The molecule has 0 aliphatic carbocycles. The molecule has 0 saturated carbocycles. The fourth-order valence-electron chi connectivity index (χ4n) is 2.28. The number of aromatic nitrogens is 3. The second-order valence-corrected chi connectivity index (χ2v) is 7.23. The maximum atomic E-state index is 11.4. The van der Waals surface area contributed by atoms with Crippen LogP contribution < -0.4 is 5.32 Å². The quantitative estimate of drug-likeness (QED) is 0.921. The first-order valence-electron chi connectivity index (χ1n) is 6.55. The molecule has 0 aromatic carbocycles. The molecule has 1 N–H and O–H groups in total. The average molecular weight is 292 g/mol. The van der Waals surface area contributed by atoms with E-state index in [0.29, 0.717) is 12.8 Å². The van der Waals surface area contributed by atoms with Crippen molar-refractivity contribution in [2.75, 3.05) is 16.8 Å². The second-order valence-electron chi connectivity index (χ2n) is 4.93. The van der Waals surface area contributed by atoms with Gasteiger partial charge in [-0.3, -0.25) is 0 Å². The van der Waals surface area contributed by atoms with Crippen LogP contribution in [0.2, 0.25) is 0 Å². The van der Waals surface area contributed by atoms with E-state index in [1.807, 2.05) is 24.4 Å². The van der Waals surface area contributed by atoms with E-state index in [-0.39, 0.29) is 17.5 Å². The number of anilines is 1. The molecule has 0 unspecified atom stereocenters. The summed E-state index contributed by atoms with van der Waals surface area (Å²) in [6, 6.07) is 5.87. The first kappa shape index (κ1) is 13.1. The van der Waals surface area contributed by atoms with E-state index in [2.05, 4.69) is 15.4 Å². The molecule has 20 heavy (non-hydrogen) atoms. The van der Waals surface area contributed by atoms with Crippen LogP contribution in [0.1, 0.15) is 12.8 Å². The molecule has 0 radical (unpaired) electrons. The Morgan fingerprint density at radius 2 is 2.05 bits per heavy atom. The maximum Gasteiger partial charge on any atom is 0.153 e. The third-order valence-electron chi connectivity index (χ3n) is 3.41. The highest BCUT2D eigenvalue weighted by atomic mass is 32.2. The third-order valence-corrected chi connectivity index (χ3v) is 5.13. The van der Waals surface area contributed by atoms with Crippen molar-refractivity contribution in [1.29, 1.82) is 0 Å². The standard InChI is InChI=1S/C13H16N4O2S/c18-20(19)8-4-11(5-9-20)16-12-2-3-13(14-10-12)17-7-1-6-15-17/h1-3,6-7,10-11,16H,4-5,8-9H2. The van der Waals surface area contributed by atoms with Crippen LogP contribution in [0.3, 0.4) is 0 Å². The lowest BCUT2D eigenvalue weighted by molar-refractivity contribution is 0.559. The van der Waals surface area contributed by atoms with Gasteiger partial charge in [-0.15, -0.1) is 0 Å². The molecule has 0 bridgehead atoms. The predicted molar refractivity (Wildman–Crippen MR) is 76.7 cm³/mol. The van der Waals surface area contributed by atoms with Gasteiger partial charge in [-0.2, -0.15) is 5.10 Å². The molecule has 0 spiro atoms. The van der Waals surface area contributed by atoms with Crippen LogP contribution in [0.4, 0.5) is 5.69 Å². The molecule has 0 atom stereocenters. The number of nitrogens with zero attached hydrogens (tertiary/aromatic N) is 3. The summed E-state index contributed by atoms with van der Waals surface area (Å²) >= 11 is 0. The van der Waals surface area contributed by atoms with Crippen LogP contribution in [-0.4, -0.2) is 40.7 Å². The topological polar surface area (TPSA) is 76.9 Å². The van der Waals surface area contributed by atoms with Crippen molar-refractivity contribution in [3.8, 4) is 5.82 Å². The minimum atomic E-state index is -2.81. The van der Waals surface area contributed by atoms with Gasteiger partial charge in [0.1, 0.15) is 9.84 Å². The van der Waals surface area contributed by atoms with E-state index >= 15 is 0 Å². The molecule has 1 aliphatic rings. The van der Waals surface area contributed by atoms with E-state index in [0.717, 1.165) is 11.5 Å². The molecule has 2 aromatic rings. The van der Waals surface area contributed by atoms with Crippen molar-refractivity contribution in [2.45, 2.75) is 18.9 Å². The predicted octanol–water partition coefficient (Wildman–Crippen LogP) is 1.26. The minimum Gasteiger partial charge on any atom is -0.381 e. The second kappa shape index (κ2) is 5.24. The summed E-state index contributed by atoms with van der Waals surface area (Å²) in [4.78, 5) is 4.33. The molecule has 3 rings (SSSR count). The van der Waals surface area contributed by atoms with E-state index in [9.17, 15) is 8.42 Å². The average Bonchev–Trinajstić information content (AvgIpc) is 2.96. The SMILES string of the molecule is O=S1(=O)CCC(Nc2ccc(-n3cccn3)nc2)CC1. The zero-order valence-corrected chi connectivity index (χ0v) is 11.8. The summed E-state index contributed by atoms with van der Waals surface area (Å²) in [6.45, 7) is 0. The van der Waals surface area contributed by atoms with Gasteiger partial charge in [0, 0.05) is 18.4 Å². The largest absolute Gasteiger partial charge is 0.381 e. The van der Waals surface area contributed by atoms with E-state index in [1.165, 1.54) is 0 Å². The van der Waals surface area contributed by atoms with Crippen LogP contribution in [0.5, 0.6) is 0 Å². The summed E-state index contributed by atoms with van der Waals surface area (Å²) in [5.74, 6) is 1.29. The molecule has 7 heteroatoms. The maximum absolute atomic E-state index is 11.4. The molecular weight excluding hydrogens is 276 g/mol. The molecule has 2 aromatic heterocycles. The van der Waals surface area contributed by atoms with Crippen molar-refractivity contribution in [3.05, 3.63) is 36.8 Å². The Morgan fingerprint density at radius 3 is 2.65 bits per heavy atom. The lowest BCUT2D eigenvalue weighted by Gasteiger charge is -2.23. The van der Waals surface area contributed by atoms with Crippen molar-refractivity contribution in [3.63, 3.8) is 0 Å². The van der Waals surface area contributed by atoms with Gasteiger partial charge in [0.15, 0.2) is 5.82 Å². The van der Waals surface area contributed by atoms with Gasteiger partial charge >= 0.3 is 0 Å². The van der Waals surface area contributed by atoms with Crippen LogP contribution in [0.25, 0.3) is 5.82 Å². The highest BCUT2D eigenvalue weighted by molar-refractivity contribution is 7.91. The fourth-order valence-corrected chi connectivity index (χ4v) is 3.77. The minimum absolute atomic E-state index is 0.205.